The van der Waals surface area contributed by atoms with Crippen LogP contribution >= 0.6 is 22.6 Å². The van der Waals surface area contributed by atoms with Crippen molar-refractivity contribution in [1.29, 1.82) is 0 Å². The summed E-state index contributed by atoms with van der Waals surface area (Å²) in [5.74, 6) is 0.665. The maximum atomic E-state index is 11.9. The molecule has 0 spiro atoms. The molecule has 16 heavy (non-hydrogen) atoms. The molecular formula is C12H22INO2. The highest BCUT2D eigenvalue weighted by molar-refractivity contribution is 14.1. The molecule has 1 saturated heterocycles. The molecule has 1 fully saturated rings. The second-order valence-corrected chi connectivity index (χ2v) is 6.49. The van der Waals surface area contributed by atoms with Crippen molar-refractivity contribution < 1.29 is 9.53 Å². The van der Waals surface area contributed by atoms with E-state index in [2.05, 4.69) is 22.6 Å². The molecule has 1 atom stereocenters. The van der Waals surface area contributed by atoms with Gasteiger partial charge in [-0.2, -0.15) is 0 Å². The van der Waals surface area contributed by atoms with E-state index < -0.39 is 0 Å². The van der Waals surface area contributed by atoms with Gasteiger partial charge in [0.05, 0.1) is 0 Å². The Labute approximate surface area is 112 Å². The second kappa shape index (κ2) is 6.07. The SMILES string of the molecule is CC(C)(C)OC(=O)N1CCC[C@H](CCI)C1. The van der Waals surface area contributed by atoms with Gasteiger partial charge in [-0.05, 0) is 50.4 Å². The number of piperidine rings is 1. The van der Waals surface area contributed by atoms with Crippen LogP contribution in [0.25, 0.3) is 0 Å². The lowest BCUT2D eigenvalue weighted by Gasteiger charge is -2.34. The van der Waals surface area contributed by atoms with Crippen LogP contribution < -0.4 is 0 Å². The summed E-state index contributed by atoms with van der Waals surface area (Å²) in [7, 11) is 0. The first kappa shape index (κ1) is 14.1. The number of hydrogen-bond acceptors (Lipinski definition) is 2. The normalized spacial score (nSPS) is 22.0. The fourth-order valence-electron chi connectivity index (χ4n) is 1.95. The molecule has 1 aliphatic rings. The summed E-state index contributed by atoms with van der Waals surface area (Å²) in [5, 5.41) is 0. The molecule has 94 valence electrons. The van der Waals surface area contributed by atoms with E-state index in [1.165, 1.54) is 17.3 Å². The standard InChI is InChI=1S/C12H22INO2/c1-12(2,3)16-11(15)14-8-4-5-10(9-14)6-7-13/h10H,4-9H2,1-3H3/t10-/m1/s1. The van der Waals surface area contributed by atoms with Crippen molar-refractivity contribution >= 4 is 28.7 Å². The Morgan fingerprint density at radius 3 is 2.75 bits per heavy atom. The predicted molar refractivity (Wildman–Crippen MR) is 74.0 cm³/mol. The first-order valence-electron chi connectivity index (χ1n) is 5.96. The minimum atomic E-state index is -0.382. The van der Waals surface area contributed by atoms with Crippen molar-refractivity contribution in [3.63, 3.8) is 0 Å². The van der Waals surface area contributed by atoms with Gasteiger partial charge in [-0.3, -0.25) is 0 Å². The van der Waals surface area contributed by atoms with Crippen molar-refractivity contribution in [2.24, 2.45) is 5.92 Å². The molecule has 1 aliphatic heterocycles. The minimum absolute atomic E-state index is 0.148. The summed E-state index contributed by atoms with van der Waals surface area (Å²) in [5.41, 5.74) is -0.382. The number of rotatable bonds is 2. The Hall–Kier alpha value is 0. The van der Waals surface area contributed by atoms with E-state index in [1.54, 1.807) is 0 Å². The van der Waals surface area contributed by atoms with Crippen molar-refractivity contribution in [2.45, 2.75) is 45.6 Å². The van der Waals surface area contributed by atoms with Gasteiger partial charge in [0.2, 0.25) is 0 Å². The minimum Gasteiger partial charge on any atom is -0.444 e. The molecule has 0 aromatic heterocycles. The summed E-state index contributed by atoms with van der Waals surface area (Å²) >= 11 is 2.40. The van der Waals surface area contributed by atoms with Gasteiger partial charge in [0.25, 0.3) is 0 Å². The zero-order valence-electron chi connectivity index (χ0n) is 10.5. The Kier molecular flexibility index (Phi) is 5.34. The maximum Gasteiger partial charge on any atom is 0.410 e. The predicted octanol–water partition coefficient (Wildman–Crippen LogP) is 3.46. The largest absolute Gasteiger partial charge is 0.444 e. The van der Waals surface area contributed by atoms with Gasteiger partial charge in [0, 0.05) is 13.1 Å². The van der Waals surface area contributed by atoms with Crippen molar-refractivity contribution in [3.05, 3.63) is 0 Å². The highest BCUT2D eigenvalue weighted by Crippen LogP contribution is 2.22. The van der Waals surface area contributed by atoms with Gasteiger partial charge in [0.1, 0.15) is 5.60 Å². The van der Waals surface area contributed by atoms with Crippen LogP contribution in [0.1, 0.15) is 40.0 Å². The number of ether oxygens (including phenoxy) is 1. The molecule has 1 rings (SSSR count). The zero-order valence-corrected chi connectivity index (χ0v) is 12.6. The summed E-state index contributed by atoms with van der Waals surface area (Å²) in [4.78, 5) is 13.7. The Balaban J connectivity index is 2.44. The molecule has 0 aliphatic carbocycles. The first-order chi connectivity index (χ1) is 7.42. The molecule has 1 amide bonds. The Morgan fingerprint density at radius 2 is 2.19 bits per heavy atom. The van der Waals surface area contributed by atoms with Gasteiger partial charge in [-0.25, -0.2) is 4.79 Å². The van der Waals surface area contributed by atoms with Crippen LogP contribution in [-0.2, 0) is 4.74 Å². The first-order valence-corrected chi connectivity index (χ1v) is 7.49. The van der Waals surface area contributed by atoms with Crippen LogP contribution in [-0.4, -0.2) is 34.1 Å². The number of carbonyl (C=O) groups is 1. The van der Waals surface area contributed by atoms with Gasteiger partial charge >= 0.3 is 6.09 Å². The quantitative estimate of drug-likeness (QED) is 0.570. The fourth-order valence-corrected chi connectivity index (χ4v) is 2.83. The lowest BCUT2D eigenvalue weighted by atomic mass is 9.96. The van der Waals surface area contributed by atoms with E-state index in [0.29, 0.717) is 5.92 Å². The lowest BCUT2D eigenvalue weighted by molar-refractivity contribution is 0.0165. The molecule has 0 N–H and O–H groups in total. The van der Waals surface area contributed by atoms with E-state index >= 15 is 0 Å². The molecule has 1 heterocycles. The molecule has 0 aromatic carbocycles. The number of carbonyl (C=O) groups excluding carboxylic acids is 1. The summed E-state index contributed by atoms with van der Waals surface area (Å²) in [6, 6.07) is 0. The fraction of sp³-hybridized carbons (Fsp3) is 0.917. The van der Waals surface area contributed by atoms with E-state index in [1.807, 2.05) is 25.7 Å². The summed E-state index contributed by atoms with van der Waals surface area (Å²) in [6.45, 7) is 7.47. The smallest absolute Gasteiger partial charge is 0.410 e. The van der Waals surface area contributed by atoms with Crippen LogP contribution in [0.15, 0.2) is 0 Å². The third-order valence-corrected chi connectivity index (χ3v) is 3.31. The maximum absolute atomic E-state index is 11.9. The van der Waals surface area contributed by atoms with E-state index in [9.17, 15) is 4.79 Å². The van der Waals surface area contributed by atoms with Crippen molar-refractivity contribution in [3.8, 4) is 0 Å². The molecule has 0 radical (unpaired) electrons. The molecule has 0 unspecified atom stereocenters. The third kappa shape index (κ3) is 4.89. The highest BCUT2D eigenvalue weighted by Gasteiger charge is 2.27. The number of nitrogens with zero attached hydrogens (tertiary/aromatic N) is 1. The summed E-state index contributed by atoms with van der Waals surface area (Å²) in [6.07, 6.45) is 3.42. The van der Waals surface area contributed by atoms with Gasteiger partial charge in [-0.15, -0.1) is 0 Å². The van der Waals surface area contributed by atoms with E-state index in [4.69, 9.17) is 4.74 Å². The second-order valence-electron chi connectivity index (χ2n) is 5.41. The number of likely N-dealkylation sites (tertiary alicyclic amines) is 1. The third-order valence-electron chi connectivity index (χ3n) is 2.69. The number of alkyl halides is 1. The van der Waals surface area contributed by atoms with Crippen molar-refractivity contribution in [2.75, 3.05) is 17.5 Å². The zero-order chi connectivity index (χ0) is 12.2. The number of amides is 1. The summed E-state index contributed by atoms with van der Waals surface area (Å²) < 4.78 is 6.56. The van der Waals surface area contributed by atoms with Gasteiger partial charge < -0.3 is 9.64 Å². The monoisotopic (exact) mass is 339 g/mol. The molecule has 4 heteroatoms. The number of hydrogen-bond donors (Lipinski definition) is 0. The van der Waals surface area contributed by atoms with Gasteiger partial charge in [-0.1, -0.05) is 22.6 Å². The highest BCUT2D eigenvalue weighted by atomic mass is 127. The van der Waals surface area contributed by atoms with Crippen LogP contribution in [0.3, 0.4) is 0 Å². The average molecular weight is 339 g/mol. The molecule has 0 aromatic rings. The Bertz CT molecular complexity index is 236. The molecular weight excluding hydrogens is 317 g/mol. The van der Waals surface area contributed by atoms with Crippen LogP contribution in [0.5, 0.6) is 0 Å². The van der Waals surface area contributed by atoms with Crippen LogP contribution in [0.4, 0.5) is 4.79 Å². The van der Waals surface area contributed by atoms with E-state index in [-0.39, 0.29) is 11.7 Å². The average Bonchev–Trinajstić information content (AvgIpc) is 2.16. The van der Waals surface area contributed by atoms with Crippen molar-refractivity contribution in [1.82, 2.24) is 4.90 Å². The van der Waals surface area contributed by atoms with Crippen LogP contribution in [0, 0.1) is 5.92 Å². The molecule has 3 nitrogen and oxygen atoms in total. The topological polar surface area (TPSA) is 29.5 Å². The Morgan fingerprint density at radius 1 is 1.50 bits per heavy atom. The molecule has 0 saturated carbocycles. The van der Waals surface area contributed by atoms with Crippen LogP contribution in [0.2, 0.25) is 0 Å². The number of halogens is 1. The lowest BCUT2D eigenvalue weighted by Crippen LogP contribution is -2.42. The van der Waals surface area contributed by atoms with Gasteiger partial charge in [0.15, 0.2) is 0 Å². The molecule has 0 bridgehead atoms. The van der Waals surface area contributed by atoms with E-state index in [0.717, 1.165) is 19.5 Å².